The van der Waals surface area contributed by atoms with Gasteiger partial charge in [0.25, 0.3) is 0 Å². The first-order chi connectivity index (χ1) is 7.20. The molecule has 0 aliphatic carbocycles. The Morgan fingerprint density at radius 1 is 1.00 bits per heavy atom. The quantitative estimate of drug-likeness (QED) is 0.450. The normalized spacial score (nSPS) is 13.5. The van der Waals surface area contributed by atoms with Crippen LogP contribution in [-0.4, -0.2) is 6.29 Å². The van der Waals surface area contributed by atoms with E-state index >= 15 is 0 Å². The predicted molar refractivity (Wildman–Crippen MR) is 66.9 cm³/mol. The standard InChI is InChI=1S/C14H22O/c1-4-8-13(2)9-5-6-10-14(3)11-7-12-15/h5-6,9-10,12H,4,7-8,11H2,1-3H3. The molecular formula is C14H22O. The minimum atomic E-state index is 0.626. The Labute approximate surface area is 93.6 Å². The smallest absolute Gasteiger partial charge is 0.120 e. The summed E-state index contributed by atoms with van der Waals surface area (Å²) in [6.45, 7) is 6.39. The molecule has 0 aliphatic rings. The molecule has 84 valence electrons. The van der Waals surface area contributed by atoms with Gasteiger partial charge in [-0.15, -0.1) is 0 Å². The second-order valence-electron chi connectivity index (χ2n) is 3.87. The van der Waals surface area contributed by atoms with Gasteiger partial charge in [0.15, 0.2) is 0 Å². The van der Waals surface area contributed by atoms with Crippen LogP contribution in [0.2, 0.25) is 0 Å². The highest BCUT2D eigenvalue weighted by molar-refractivity contribution is 5.49. The molecule has 0 saturated carbocycles. The van der Waals surface area contributed by atoms with Gasteiger partial charge in [-0.2, -0.15) is 0 Å². The molecule has 1 nitrogen and oxygen atoms in total. The fourth-order valence-electron chi connectivity index (χ4n) is 1.29. The first-order valence-electron chi connectivity index (χ1n) is 5.64. The molecule has 15 heavy (non-hydrogen) atoms. The van der Waals surface area contributed by atoms with Gasteiger partial charge in [-0.1, -0.05) is 48.8 Å². The van der Waals surface area contributed by atoms with Crippen LogP contribution in [0.4, 0.5) is 0 Å². The van der Waals surface area contributed by atoms with E-state index < -0.39 is 0 Å². The molecule has 0 N–H and O–H groups in total. The van der Waals surface area contributed by atoms with Crippen molar-refractivity contribution in [2.24, 2.45) is 0 Å². The molecule has 0 amide bonds. The van der Waals surface area contributed by atoms with Gasteiger partial charge in [-0.05, 0) is 26.7 Å². The van der Waals surface area contributed by atoms with Crippen LogP contribution in [0.3, 0.4) is 0 Å². The van der Waals surface area contributed by atoms with Crippen molar-refractivity contribution in [1.29, 1.82) is 0 Å². The van der Waals surface area contributed by atoms with Crippen molar-refractivity contribution in [1.82, 2.24) is 0 Å². The Morgan fingerprint density at radius 2 is 1.53 bits per heavy atom. The fraction of sp³-hybridized carbons (Fsp3) is 0.500. The van der Waals surface area contributed by atoms with E-state index in [1.807, 2.05) is 6.08 Å². The van der Waals surface area contributed by atoms with Crippen molar-refractivity contribution in [2.75, 3.05) is 0 Å². The molecule has 0 unspecified atom stereocenters. The van der Waals surface area contributed by atoms with E-state index in [-0.39, 0.29) is 0 Å². The van der Waals surface area contributed by atoms with Crippen molar-refractivity contribution >= 4 is 6.29 Å². The monoisotopic (exact) mass is 206 g/mol. The number of allylic oxidation sites excluding steroid dienone is 6. The van der Waals surface area contributed by atoms with Gasteiger partial charge in [0.05, 0.1) is 0 Å². The molecule has 0 fully saturated rings. The summed E-state index contributed by atoms with van der Waals surface area (Å²) in [4.78, 5) is 10.1. The molecule has 0 aromatic carbocycles. The lowest BCUT2D eigenvalue weighted by molar-refractivity contribution is -0.107. The Kier molecular flexibility index (Phi) is 8.75. The second-order valence-corrected chi connectivity index (χ2v) is 3.87. The summed E-state index contributed by atoms with van der Waals surface area (Å²) >= 11 is 0. The summed E-state index contributed by atoms with van der Waals surface area (Å²) in [5.74, 6) is 0. The van der Waals surface area contributed by atoms with Gasteiger partial charge in [0, 0.05) is 6.42 Å². The molecule has 0 saturated heterocycles. The molecule has 0 aromatic rings. The molecule has 0 rings (SSSR count). The maximum absolute atomic E-state index is 10.1. The zero-order valence-corrected chi connectivity index (χ0v) is 10.1. The number of hydrogen-bond acceptors (Lipinski definition) is 1. The number of aldehydes is 1. The van der Waals surface area contributed by atoms with Crippen LogP contribution in [0.1, 0.15) is 46.5 Å². The van der Waals surface area contributed by atoms with E-state index in [1.54, 1.807) is 0 Å². The van der Waals surface area contributed by atoms with Crippen LogP contribution in [-0.2, 0) is 4.79 Å². The highest BCUT2D eigenvalue weighted by Gasteiger charge is 1.86. The van der Waals surface area contributed by atoms with E-state index in [0.29, 0.717) is 6.42 Å². The predicted octanol–water partition coefficient (Wildman–Crippen LogP) is 4.21. The first-order valence-corrected chi connectivity index (χ1v) is 5.64. The Balaban J connectivity index is 3.96. The van der Waals surface area contributed by atoms with Crippen LogP contribution in [0, 0.1) is 0 Å². The van der Waals surface area contributed by atoms with Crippen LogP contribution >= 0.6 is 0 Å². The van der Waals surface area contributed by atoms with E-state index in [0.717, 1.165) is 19.1 Å². The van der Waals surface area contributed by atoms with Crippen molar-refractivity contribution in [3.8, 4) is 0 Å². The molecule has 0 spiro atoms. The number of rotatable bonds is 7. The fourth-order valence-corrected chi connectivity index (χ4v) is 1.29. The van der Waals surface area contributed by atoms with Gasteiger partial charge < -0.3 is 4.79 Å². The molecular weight excluding hydrogens is 184 g/mol. The van der Waals surface area contributed by atoms with E-state index in [1.165, 1.54) is 17.6 Å². The van der Waals surface area contributed by atoms with Gasteiger partial charge in [0.1, 0.15) is 6.29 Å². The average molecular weight is 206 g/mol. The van der Waals surface area contributed by atoms with Gasteiger partial charge in [-0.3, -0.25) is 0 Å². The maximum atomic E-state index is 10.1. The Morgan fingerprint density at radius 3 is 2.00 bits per heavy atom. The van der Waals surface area contributed by atoms with Crippen molar-refractivity contribution in [3.05, 3.63) is 35.5 Å². The van der Waals surface area contributed by atoms with Gasteiger partial charge in [0.2, 0.25) is 0 Å². The van der Waals surface area contributed by atoms with E-state index in [4.69, 9.17) is 0 Å². The van der Waals surface area contributed by atoms with Crippen molar-refractivity contribution in [2.45, 2.75) is 46.5 Å². The van der Waals surface area contributed by atoms with Crippen LogP contribution in [0.15, 0.2) is 35.5 Å². The Hall–Kier alpha value is -1.11. The molecule has 0 aliphatic heterocycles. The van der Waals surface area contributed by atoms with Crippen molar-refractivity contribution < 1.29 is 4.79 Å². The van der Waals surface area contributed by atoms with Gasteiger partial charge >= 0.3 is 0 Å². The highest BCUT2D eigenvalue weighted by atomic mass is 16.1. The average Bonchev–Trinajstić information content (AvgIpc) is 2.22. The summed E-state index contributed by atoms with van der Waals surface area (Å²) in [5.41, 5.74) is 2.66. The molecule has 0 bridgehead atoms. The summed E-state index contributed by atoms with van der Waals surface area (Å²) in [7, 11) is 0. The highest BCUT2D eigenvalue weighted by Crippen LogP contribution is 2.04. The summed E-state index contributed by atoms with van der Waals surface area (Å²) in [6, 6.07) is 0. The SMILES string of the molecule is CCCC(C)=CC=CC=C(C)CCC=O. The van der Waals surface area contributed by atoms with E-state index in [2.05, 4.69) is 39.0 Å². The molecule has 0 atom stereocenters. The number of carbonyl (C=O) groups is 1. The molecule has 0 heterocycles. The lowest BCUT2D eigenvalue weighted by atomic mass is 10.1. The maximum Gasteiger partial charge on any atom is 0.120 e. The summed E-state index contributed by atoms with van der Waals surface area (Å²) < 4.78 is 0. The van der Waals surface area contributed by atoms with Crippen LogP contribution < -0.4 is 0 Å². The zero-order valence-electron chi connectivity index (χ0n) is 10.1. The minimum absolute atomic E-state index is 0.626. The zero-order chi connectivity index (χ0) is 11.5. The van der Waals surface area contributed by atoms with E-state index in [9.17, 15) is 4.79 Å². The molecule has 0 aromatic heterocycles. The molecule has 1 heteroatoms. The lowest BCUT2D eigenvalue weighted by Crippen LogP contribution is -1.78. The third-order valence-corrected chi connectivity index (χ3v) is 2.17. The lowest BCUT2D eigenvalue weighted by Gasteiger charge is -1.94. The van der Waals surface area contributed by atoms with Crippen molar-refractivity contribution in [3.63, 3.8) is 0 Å². The third-order valence-electron chi connectivity index (χ3n) is 2.17. The number of hydrogen-bond donors (Lipinski definition) is 0. The largest absolute Gasteiger partial charge is 0.303 e. The third kappa shape index (κ3) is 9.20. The van der Waals surface area contributed by atoms with Gasteiger partial charge in [-0.25, -0.2) is 0 Å². The second kappa shape index (κ2) is 9.45. The summed E-state index contributed by atoms with van der Waals surface area (Å²) in [5, 5.41) is 0. The minimum Gasteiger partial charge on any atom is -0.303 e. The summed E-state index contributed by atoms with van der Waals surface area (Å²) in [6.07, 6.45) is 13.1. The number of carbonyl (C=O) groups excluding carboxylic acids is 1. The van der Waals surface area contributed by atoms with Crippen LogP contribution in [0.25, 0.3) is 0 Å². The first kappa shape index (κ1) is 13.9. The van der Waals surface area contributed by atoms with Crippen LogP contribution in [0.5, 0.6) is 0 Å². The Bertz CT molecular complexity index is 257. The topological polar surface area (TPSA) is 17.1 Å². The molecule has 0 radical (unpaired) electrons.